The molecule has 0 bridgehead atoms. The second-order valence-corrected chi connectivity index (χ2v) is 3.39. The molecule has 1 fully saturated rings. The number of carbonyl (C=O) groups is 2. The maximum atomic E-state index is 10.6. The van der Waals surface area contributed by atoms with Crippen LogP contribution >= 0.6 is 11.8 Å². The molecule has 0 aromatic heterocycles. The van der Waals surface area contributed by atoms with E-state index in [-0.39, 0.29) is 0 Å². The summed E-state index contributed by atoms with van der Waals surface area (Å²) in [4.78, 5) is 20.8. The lowest BCUT2D eigenvalue weighted by molar-refractivity contribution is -0.137. The highest BCUT2D eigenvalue weighted by molar-refractivity contribution is 8.00. The summed E-state index contributed by atoms with van der Waals surface area (Å²) in [6.45, 7) is 0. The van der Waals surface area contributed by atoms with Crippen molar-refractivity contribution in [3.8, 4) is 0 Å². The van der Waals surface area contributed by atoms with Crippen molar-refractivity contribution >= 4 is 29.3 Å². The van der Waals surface area contributed by atoms with Crippen molar-refractivity contribution in [2.75, 3.05) is 11.5 Å². The van der Waals surface area contributed by atoms with Gasteiger partial charge in [-0.1, -0.05) is 0 Å². The van der Waals surface area contributed by atoms with Gasteiger partial charge in [0.05, 0.1) is 0 Å². The number of hydrogen-bond donors (Lipinski definition) is 2. The molecule has 0 aromatic carbocycles. The number of hydrazone groups is 1. The number of primary amides is 1. The molecule has 0 unspecified atom stereocenters. The number of rotatable bonds is 1. The normalized spacial score (nSPS) is 19.5. The first-order valence-corrected chi connectivity index (χ1v) is 4.58. The highest BCUT2D eigenvalue weighted by Crippen LogP contribution is 2.13. The van der Waals surface area contributed by atoms with E-state index in [4.69, 9.17) is 5.73 Å². The lowest BCUT2D eigenvalue weighted by Crippen LogP contribution is -2.33. The van der Waals surface area contributed by atoms with Crippen molar-refractivity contribution in [3.63, 3.8) is 0 Å². The highest BCUT2D eigenvalue weighted by atomic mass is 32.2. The van der Waals surface area contributed by atoms with Crippen LogP contribution in [0.2, 0.25) is 0 Å². The minimum Gasteiger partial charge on any atom is -0.361 e. The standard InChI is InChI=1S/C6H9N3O2S/c7-5(10)6(11)9-8-4-1-2-12-3-4/h1-3H2,(H2,7,10)(H,9,11)/b8-4+. The molecule has 0 aliphatic carbocycles. The molecule has 0 atom stereocenters. The summed E-state index contributed by atoms with van der Waals surface area (Å²) in [5.41, 5.74) is 7.68. The third kappa shape index (κ3) is 2.54. The van der Waals surface area contributed by atoms with Gasteiger partial charge in [-0.05, 0) is 12.2 Å². The molecule has 1 aliphatic heterocycles. The molecule has 0 spiro atoms. The average Bonchev–Trinajstić information content (AvgIpc) is 2.51. The molecular formula is C6H9N3O2S. The Bertz CT molecular complexity index is 231. The molecule has 0 aromatic rings. The maximum absolute atomic E-state index is 10.6. The molecule has 12 heavy (non-hydrogen) atoms. The number of amides is 2. The van der Waals surface area contributed by atoms with Crippen LogP contribution in [-0.4, -0.2) is 29.0 Å². The summed E-state index contributed by atoms with van der Waals surface area (Å²) in [5.74, 6) is -0.0333. The summed E-state index contributed by atoms with van der Waals surface area (Å²) >= 11 is 1.74. The van der Waals surface area contributed by atoms with E-state index in [0.29, 0.717) is 0 Å². The molecule has 1 saturated heterocycles. The zero-order valence-corrected chi connectivity index (χ0v) is 7.19. The minimum absolute atomic E-state index is 0.818. The Morgan fingerprint density at radius 3 is 2.83 bits per heavy atom. The van der Waals surface area contributed by atoms with Crippen molar-refractivity contribution in [1.82, 2.24) is 5.43 Å². The molecule has 66 valence electrons. The van der Waals surface area contributed by atoms with E-state index >= 15 is 0 Å². The molecule has 0 saturated carbocycles. The number of thioether (sulfide) groups is 1. The first-order valence-electron chi connectivity index (χ1n) is 3.43. The van der Waals surface area contributed by atoms with E-state index in [0.717, 1.165) is 23.6 Å². The number of hydrogen-bond acceptors (Lipinski definition) is 4. The van der Waals surface area contributed by atoms with Crippen LogP contribution < -0.4 is 11.2 Å². The van der Waals surface area contributed by atoms with Gasteiger partial charge in [0.25, 0.3) is 0 Å². The van der Waals surface area contributed by atoms with Gasteiger partial charge < -0.3 is 5.73 Å². The summed E-state index contributed by atoms with van der Waals surface area (Å²) in [6.07, 6.45) is 0.865. The minimum atomic E-state index is -1.01. The lowest BCUT2D eigenvalue weighted by Gasteiger charge is -1.95. The van der Waals surface area contributed by atoms with Gasteiger partial charge in [0, 0.05) is 11.5 Å². The first kappa shape index (κ1) is 9.05. The van der Waals surface area contributed by atoms with Crippen LogP contribution in [0.1, 0.15) is 6.42 Å². The predicted molar refractivity (Wildman–Crippen MR) is 46.7 cm³/mol. The Hall–Kier alpha value is -1.04. The molecule has 1 rings (SSSR count). The zero-order chi connectivity index (χ0) is 8.97. The Balaban J connectivity index is 2.37. The molecule has 3 N–H and O–H groups in total. The van der Waals surface area contributed by atoms with Crippen LogP contribution in [0.3, 0.4) is 0 Å². The molecule has 5 nitrogen and oxygen atoms in total. The van der Waals surface area contributed by atoms with Gasteiger partial charge >= 0.3 is 11.8 Å². The number of nitrogens with two attached hydrogens (primary N) is 1. The maximum Gasteiger partial charge on any atom is 0.329 e. The molecule has 1 aliphatic rings. The number of nitrogens with zero attached hydrogens (tertiary/aromatic N) is 1. The quantitative estimate of drug-likeness (QED) is 0.411. The SMILES string of the molecule is NC(=O)C(=O)N/N=C1\CCSC1. The second-order valence-electron chi connectivity index (χ2n) is 2.29. The molecular weight excluding hydrogens is 178 g/mol. The van der Waals surface area contributed by atoms with E-state index in [1.54, 1.807) is 11.8 Å². The summed E-state index contributed by atoms with van der Waals surface area (Å²) in [6, 6.07) is 0. The summed E-state index contributed by atoms with van der Waals surface area (Å²) < 4.78 is 0. The number of carbonyl (C=O) groups excluding carboxylic acids is 2. The fourth-order valence-corrected chi connectivity index (χ4v) is 1.69. The van der Waals surface area contributed by atoms with E-state index in [2.05, 4.69) is 10.5 Å². The van der Waals surface area contributed by atoms with E-state index in [1.165, 1.54) is 0 Å². The van der Waals surface area contributed by atoms with Crippen LogP contribution in [0.4, 0.5) is 0 Å². The molecule has 2 amide bonds. The highest BCUT2D eigenvalue weighted by Gasteiger charge is 2.10. The van der Waals surface area contributed by atoms with Crippen LogP contribution in [0.5, 0.6) is 0 Å². The smallest absolute Gasteiger partial charge is 0.329 e. The van der Waals surface area contributed by atoms with Gasteiger partial charge in [-0.25, -0.2) is 5.43 Å². The van der Waals surface area contributed by atoms with E-state index in [9.17, 15) is 9.59 Å². The fraction of sp³-hybridized carbons (Fsp3) is 0.500. The lowest BCUT2D eigenvalue weighted by atomic mass is 10.3. The van der Waals surface area contributed by atoms with Gasteiger partial charge in [0.15, 0.2) is 0 Å². The largest absolute Gasteiger partial charge is 0.361 e. The van der Waals surface area contributed by atoms with Gasteiger partial charge in [-0.3, -0.25) is 9.59 Å². The monoisotopic (exact) mass is 187 g/mol. The van der Waals surface area contributed by atoms with Crippen molar-refractivity contribution in [1.29, 1.82) is 0 Å². The van der Waals surface area contributed by atoms with Crippen molar-refractivity contribution in [2.45, 2.75) is 6.42 Å². The van der Waals surface area contributed by atoms with Crippen LogP contribution in [0.25, 0.3) is 0 Å². The summed E-state index contributed by atoms with van der Waals surface area (Å²) in [5, 5.41) is 3.74. The summed E-state index contributed by atoms with van der Waals surface area (Å²) in [7, 11) is 0. The van der Waals surface area contributed by atoms with Gasteiger partial charge in [-0.2, -0.15) is 16.9 Å². The Morgan fingerprint density at radius 2 is 2.33 bits per heavy atom. The zero-order valence-electron chi connectivity index (χ0n) is 6.37. The van der Waals surface area contributed by atoms with Crippen LogP contribution in [0.15, 0.2) is 5.10 Å². The van der Waals surface area contributed by atoms with Crippen LogP contribution in [0, 0.1) is 0 Å². The average molecular weight is 187 g/mol. The van der Waals surface area contributed by atoms with Crippen molar-refractivity contribution < 1.29 is 9.59 Å². The first-order chi connectivity index (χ1) is 5.70. The second kappa shape index (κ2) is 4.10. The molecule has 0 radical (unpaired) electrons. The Morgan fingerprint density at radius 1 is 1.58 bits per heavy atom. The Labute approximate surface area is 73.8 Å². The molecule has 1 heterocycles. The van der Waals surface area contributed by atoms with Gasteiger partial charge in [-0.15, -0.1) is 0 Å². The number of nitrogens with one attached hydrogen (secondary N) is 1. The topological polar surface area (TPSA) is 84.5 Å². The van der Waals surface area contributed by atoms with Crippen molar-refractivity contribution in [3.05, 3.63) is 0 Å². The molecule has 6 heteroatoms. The predicted octanol–water partition coefficient (Wildman–Crippen LogP) is -0.919. The Kier molecular flexibility index (Phi) is 3.09. The van der Waals surface area contributed by atoms with E-state index in [1.807, 2.05) is 0 Å². The third-order valence-electron chi connectivity index (χ3n) is 1.34. The van der Waals surface area contributed by atoms with Gasteiger partial charge in [0.1, 0.15) is 0 Å². The third-order valence-corrected chi connectivity index (χ3v) is 2.37. The van der Waals surface area contributed by atoms with Crippen molar-refractivity contribution in [2.24, 2.45) is 10.8 Å². The fourth-order valence-electron chi connectivity index (χ4n) is 0.725. The van der Waals surface area contributed by atoms with Crippen LogP contribution in [-0.2, 0) is 9.59 Å². The van der Waals surface area contributed by atoms with Gasteiger partial charge in [0.2, 0.25) is 0 Å². The van der Waals surface area contributed by atoms with E-state index < -0.39 is 11.8 Å².